The van der Waals surface area contributed by atoms with E-state index in [-0.39, 0.29) is 22.2 Å². The SMILES string of the molecule is Cc1cc(CCC(=O)N2CC(S(=O)(=O)C3CCCCC3)C2)ccc1F. The topological polar surface area (TPSA) is 54.5 Å². The maximum Gasteiger partial charge on any atom is 0.222 e. The van der Waals surface area contributed by atoms with Crippen LogP contribution < -0.4 is 0 Å². The van der Waals surface area contributed by atoms with E-state index in [4.69, 9.17) is 0 Å². The quantitative estimate of drug-likeness (QED) is 0.804. The monoisotopic (exact) mass is 367 g/mol. The second-order valence-electron chi connectivity index (χ2n) is 7.35. The molecule has 2 aliphatic rings. The minimum Gasteiger partial charge on any atom is -0.340 e. The molecule has 6 heteroatoms. The van der Waals surface area contributed by atoms with Crippen molar-refractivity contribution in [2.75, 3.05) is 13.1 Å². The number of amides is 1. The molecule has 0 N–H and O–H groups in total. The number of hydrogen-bond acceptors (Lipinski definition) is 3. The van der Waals surface area contributed by atoms with Crippen LogP contribution in [0, 0.1) is 12.7 Å². The van der Waals surface area contributed by atoms with E-state index in [0.717, 1.165) is 37.7 Å². The number of halogens is 1. The Kier molecular flexibility index (Phi) is 5.46. The molecule has 1 aliphatic heterocycles. The van der Waals surface area contributed by atoms with Crippen LogP contribution in [0.5, 0.6) is 0 Å². The lowest BCUT2D eigenvalue weighted by Crippen LogP contribution is -2.58. The number of nitrogens with zero attached hydrogens (tertiary/aromatic N) is 1. The molecule has 1 saturated heterocycles. The number of carbonyl (C=O) groups is 1. The van der Waals surface area contributed by atoms with Crippen LogP contribution in [-0.4, -0.2) is 42.8 Å². The predicted octanol–water partition coefficient (Wildman–Crippen LogP) is 3.03. The van der Waals surface area contributed by atoms with E-state index < -0.39 is 9.84 Å². The molecule has 0 radical (unpaired) electrons. The number of benzene rings is 1. The Morgan fingerprint density at radius 3 is 2.48 bits per heavy atom. The van der Waals surface area contributed by atoms with Gasteiger partial charge in [-0.25, -0.2) is 12.8 Å². The number of carbonyl (C=O) groups excluding carboxylic acids is 1. The lowest BCUT2D eigenvalue weighted by Gasteiger charge is -2.41. The minimum atomic E-state index is -3.10. The van der Waals surface area contributed by atoms with E-state index >= 15 is 0 Å². The lowest BCUT2D eigenvalue weighted by molar-refractivity contribution is -0.134. The summed E-state index contributed by atoms with van der Waals surface area (Å²) in [5.41, 5.74) is 1.51. The Morgan fingerprint density at radius 2 is 1.84 bits per heavy atom. The molecule has 0 unspecified atom stereocenters. The summed E-state index contributed by atoms with van der Waals surface area (Å²) in [4.78, 5) is 13.9. The van der Waals surface area contributed by atoms with Gasteiger partial charge >= 0.3 is 0 Å². The molecular formula is C19H26FNO3S. The molecular weight excluding hydrogens is 341 g/mol. The Bertz CT molecular complexity index is 735. The van der Waals surface area contributed by atoms with Gasteiger partial charge in [-0.2, -0.15) is 0 Å². The molecule has 1 heterocycles. The summed E-state index contributed by atoms with van der Waals surface area (Å²) in [6, 6.07) is 4.88. The fraction of sp³-hybridized carbons (Fsp3) is 0.632. The standard InChI is InChI=1S/C19H26FNO3S/c1-14-11-15(7-9-18(14)20)8-10-19(22)21-12-17(13-21)25(23,24)16-5-3-2-4-6-16/h7,9,11,16-17H,2-6,8,10,12-13H2,1H3. The summed E-state index contributed by atoms with van der Waals surface area (Å²) in [6.07, 6.45) is 5.56. The third kappa shape index (κ3) is 4.05. The average molecular weight is 367 g/mol. The number of aryl methyl sites for hydroxylation is 2. The largest absolute Gasteiger partial charge is 0.340 e. The highest BCUT2D eigenvalue weighted by atomic mass is 32.2. The van der Waals surface area contributed by atoms with Gasteiger partial charge in [0.1, 0.15) is 5.82 Å². The minimum absolute atomic E-state index is 0.0166. The van der Waals surface area contributed by atoms with E-state index in [0.29, 0.717) is 31.5 Å². The normalized spacial score (nSPS) is 19.7. The van der Waals surface area contributed by atoms with Crippen LogP contribution in [0.15, 0.2) is 18.2 Å². The summed E-state index contributed by atoms with van der Waals surface area (Å²) in [7, 11) is -3.10. The van der Waals surface area contributed by atoms with E-state index in [1.165, 1.54) is 6.07 Å². The van der Waals surface area contributed by atoms with E-state index in [2.05, 4.69) is 0 Å². The lowest BCUT2D eigenvalue weighted by atomic mass is 10.0. The van der Waals surface area contributed by atoms with Crippen molar-refractivity contribution < 1.29 is 17.6 Å². The van der Waals surface area contributed by atoms with Crippen LogP contribution in [0.25, 0.3) is 0 Å². The van der Waals surface area contributed by atoms with Crippen molar-refractivity contribution >= 4 is 15.7 Å². The molecule has 1 aliphatic carbocycles. The first-order valence-corrected chi connectivity index (χ1v) is 10.7. The van der Waals surface area contributed by atoms with Crippen LogP contribution in [0.2, 0.25) is 0 Å². The fourth-order valence-corrected chi connectivity index (χ4v) is 6.10. The molecule has 25 heavy (non-hydrogen) atoms. The smallest absolute Gasteiger partial charge is 0.222 e. The van der Waals surface area contributed by atoms with Gasteiger partial charge in [-0.1, -0.05) is 31.4 Å². The number of rotatable bonds is 5. The zero-order valence-electron chi connectivity index (χ0n) is 14.7. The van der Waals surface area contributed by atoms with Gasteiger partial charge in [0.15, 0.2) is 9.84 Å². The molecule has 1 aromatic carbocycles. The fourth-order valence-electron chi connectivity index (χ4n) is 3.79. The van der Waals surface area contributed by atoms with E-state index in [9.17, 15) is 17.6 Å². The highest BCUT2D eigenvalue weighted by Gasteiger charge is 2.43. The van der Waals surface area contributed by atoms with Crippen molar-refractivity contribution in [3.05, 3.63) is 35.1 Å². The number of hydrogen-bond donors (Lipinski definition) is 0. The van der Waals surface area contributed by atoms with Gasteiger partial charge < -0.3 is 4.90 Å². The van der Waals surface area contributed by atoms with Crippen molar-refractivity contribution in [2.45, 2.75) is 62.4 Å². The summed E-state index contributed by atoms with van der Waals surface area (Å²) in [5, 5.41) is -0.585. The van der Waals surface area contributed by atoms with Crippen LogP contribution in [0.3, 0.4) is 0 Å². The van der Waals surface area contributed by atoms with Gasteiger partial charge in [-0.05, 0) is 43.4 Å². The molecule has 0 spiro atoms. The van der Waals surface area contributed by atoms with Gasteiger partial charge in [-0.15, -0.1) is 0 Å². The van der Waals surface area contributed by atoms with Crippen LogP contribution in [0.1, 0.15) is 49.7 Å². The summed E-state index contributed by atoms with van der Waals surface area (Å²) >= 11 is 0. The number of sulfone groups is 1. The van der Waals surface area contributed by atoms with Gasteiger partial charge in [-0.3, -0.25) is 4.79 Å². The molecule has 3 rings (SSSR count). The third-order valence-electron chi connectivity index (χ3n) is 5.53. The Hall–Kier alpha value is -1.43. The molecule has 1 amide bonds. The van der Waals surface area contributed by atoms with Crippen molar-refractivity contribution in [3.8, 4) is 0 Å². The highest BCUT2D eigenvalue weighted by Crippen LogP contribution is 2.30. The van der Waals surface area contributed by atoms with Gasteiger partial charge in [0.25, 0.3) is 0 Å². The van der Waals surface area contributed by atoms with Crippen molar-refractivity contribution in [1.82, 2.24) is 4.90 Å². The summed E-state index contributed by atoms with van der Waals surface area (Å²) in [6.45, 7) is 2.37. The number of likely N-dealkylation sites (tertiary alicyclic amines) is 1. The van der Waals surface area contributed by atoms with Crippen molar-refractivity contribution in [1.29, 1.82) is 0 Å². The zero-order chi connectivity index (χ0) is 18.0. The maximum absolute atomic E-state index is 13.3. The third-order valence-corrected chi connectivity index (χ3v) is 8.16. The van der Waals surface area contributed by atoms with Gasteiger partial charge in [0.05, 0.1) is 10.5 Å². The highest BCUT2D eigenvalue weighted by molar-refractivity contribution is 7.92. The predicted molar refractivity (Wildman–Crippen MR) is 95.6 cm³/mol. The van der Waals surface area contributed by atoms with Crippen molar-refractivity contribution in [3.63, 3.8) is 0 Å². The van der Waals surface area contributed by atoms with Crippen LogP contribution in [0.4, 0.5) is 4.39 Å². The Morgan fingerprint density at radius 1 is 1.16 bits per heavy atom. The zero-order valence-corrected chi connectivity index (χ0v) is 15.5. The molecule has 4 nitrogen and oxygen atoms in total. The first-order chi connectivity index (χ1) is 11.9. The van der Waals surface area contributed by atoms with Gasteiger partial charge in [0, 0.05) is 19.5 Å². The van der Waals surface area contributed by atoms with Gasteiger partial charge in [0.2, 0.25) is 5.91 Å². The van der Waals surface area contributed by atoms with Crippen LogP contribution >= 0.6 is 0 Å². The maximum atomic E-state index is 13.3. The van der Waals surface area contributed by atoms with E-state index in [1.54, 1.807) is 24.0 Å². The molecule has 138 valence electrons. The summed E-state index contributed by atoms with van der Waals surface area (Å²) in [5.74, 6) is -0.259. The first kappa shape index (κ1) is 18.4. The summed E-state index contributed by atoms with van der Waals surface area (Å²) < 4.78 is 38.5. The van der Waals surface area contributed by atoms with E-state index in [1.807, 2.05) is 0 Å². The molecule has 0 bridgehead atoms. The molecule has 1 aromatic rings. The Balaban J connectivity index is 1.48. The van der Waals surface area contributed by atoms with Crippen molar-refractivity contribution in [2.24, 2.45) is 0 Å². The second kappa shape index (κ2) is 7.44. The average Bonchev–Trinajstić information content (AvgIpc) is 2.55. The first-order valence-electron chi connectivity index (χ1n) is 9.13. The molecule has 2 fully saturated rings. The molecule has 1 saturated carbocycles. The van der Waals surface area contributed by atoms with Crippen LogP contribution in [-0.2, 0) is 21.1 Å². The molecule has 0 atom stereocenters. The second-order valence-corrected chi connectivity index (χ2v) is 9.86. The molecule has 0 aromatic heterocycles. The Labute approximate surface area is 149 Å².